The maximum Gasteiger partial charge on any atom is 0.330 e. The quantitative estimate of drug-likeness (QED) is 0.513. The van der Waals surface area contributed by atoms with Gasteiger partial charge in [0.25, 0.3) is 0 Å². The van der Waals surface area contributed by atoms with Crippen molar-refractivity contribution in [2.75, 3.05) is 13.2 Å². The summed E-state index contributed by atoms with van der Waals surface area (Å²) < 4.78 is 10.3. The van der Waals surface area contributed by atoms with Gasteiger partial charge >= 0.3 is 5.97 Å². The second-order valence-corrected chi connectivity index (χ2v) is 3.49. The number of rotatable bonds is 3. The van der Waals surface area contributed by atoms with Crippen LogP contribution >= 0.6 is 0 Å². The van der Waals surface area contributed by atoms with Gasteiger partial charge in [0.2, 0.25) is 0 Å². The Morgan fingerprint density at radius 3 is 3.07 bits per heavy atom. The lowest BCUT2D eigenvalue weighted by molar-refractivity contribution is -0.137. The fourth-order valence-electron chi connectivity index (χ4n) is 1.59. The highest BCUT2D eigenvalue weighted by atomic mass is 16.5. The third-order valence-electron chi connectivity index (χ3n) is 2.43. The lowest BCUT2D eigenvalue weighted by Crippen LogP contribution is -2.25. The third kappa shape index (κ3) is 3.50. The molecule has 0 aromatic heterocycles. The van der Waals surface area contributed by atoms with Crippen molar-refractivity contribution in [1.29, 1.82) is 0 Å². The molecule has 0 aliphatic carbocycles. The molecule has 1 fully saturated rings. The predicted octanol–water partition coefficient (Wildman–Crippen LogP) is 1.92. The molecular weight excluding hydrogens is 180 g/mol. The predicted molar refractivity (Wildman–Crippen MR) is 53.9 cm³/mol. The van der Waals surface area contributed by atoms with Crippen LogP contribution in [-0.4, -0.2) is 25.3 Å². The van der Waals surface area contributed by atoms with Crippen molar-refractivity contribution in [2.24, 2.45) is 5.92 Å². The first kappa shape index (κ1) is 11.2. The smallest absolute Gasteiger partial charge is 0.330 e. The Hall–Kier alpha value is -0.830. The zero-order valence-electron chi connectivity index (χ0n) is 8.86. The van der Waals surface area contributed by atoms with Gasteiger partial charge in [0.1, 0.15) is 0 Å². The summed E-state index contributed by atoms with van der Waals surface area (Å²) in [5.74, 6) is 0.0958. The molecule has 0 bridgehead atoms. The SMILES string of the molecule is CCOC(=O)C=C[C@H]1CCCO[C@@H]1C. The first-order valence-corrected chi connectivity index (χ1v) is 5.20. The third-order valence-corrected chi connectivity index (χ3v) is 2.43. The molecule has 14 heavy (non-hydrogen) atoms. The van der Waals surface area contributed by atoms with Crippen LogP contribution in [0.3, 0.4) is 0 Å². The van der Waals surface area contributed by atoms with Crippen LogP contribution in [0.4, 0.5) is 0 Å². The van der Waals surface area contributed by atoms with Crippen molar-refractivity contribution in [3.8, 4) is 0 Å². The highest BCUT2D eigenvalue weighted by Crippen LogP contribution is 2.21. The molecule has 80 valence electrons. The average Bonchev–Trinajstić information content (AvgIpc) is 2.17. The molecule has 1 saturated heterocycles. The summed E-state index contributed by atoms with van der Waals surface area (Å²) in [5.41, 5.74) is 0. The van der Waals surface area contributed by atoms with Crippen molar-refractivity contribution < 1.29 is 14.3 Å². The largest absolute Gasteiger partial charge is 0.463 e. The van der Waals surface area contributed by atoms with Crippen LogP contribution < -0.4 is 0 Å². The Bertz CT molecular complexity index is 211. The normalized spacial score (nSPS) is 27.9. The molecule has 0 unspecified atom stereocenters. The van der Waals surface area contributed by atoms with Gasteiger partial charge in [-0.15, -0.1) is 0 Å². The van der Waals surface area contributed by atoms with Gasteiger partial charge < -0.3 is 9.47 Å². The van der Waals surface area contributed by atoms with E-state index >= 15 is 0 Å². The molecule has 0 radical (unpaired) electrons. The van der Waals surface area contributed by atoms with E-state index in [-0.39, 0.29) is 12.1 Å². The lowest BCUT2D eigenvalue weighted by atomic mass is 9.95. The van der Waals surface area contributed by atoms with Crippen LogP contribution in [0.1, 0.15) is 26.7 Å². The number of esters is 1. The van der Waals surface area contributed by atoms with Crippen LogP contribution in [0.25, 0.3) is 0 Å². The monoisotopic (exact) mass is 198 g/mol. The number of carbonyl (C=O) groups is 1. The van der Waals surface area contributed by atoms with Crippen molar-refractivity contribution in [3.63, 3.8) is 0 Å². The van der Waals surface area contributed by atoms with Gasteiger partial charge in [-0.3, -0.25) is 0 Å². The number of ether oxygens (including phenoxy) is 2. The molecule has 0 N–H and O–H groups in total. The molecule has 1 aliphatic heterocycles. The van der Waals surface area contributed by atoms with Gasteiger partial charge in [0, 0.05) is 18.6 Å². The van der Waals surface area contributed by atoms with Crippen LogP contribution in [0, 0.1) is 5.92 Å². The average molecular weight is 198 g/mol. The summed E-state index contributed by atoms with van der Waals surface area (Å²) in [6.45, 7) is 5.11. The second kappa shape index (κ2) is 5.81. The summed E-state index contributed by atoms with van der Waals surface area (Å²) in [5, 5.41) is 0. The minimum atomic E-state index is -0.259. The molecule has 3 nitrogen and oxygen atoms in total. The molecule has 1 heterocycles. The molecule has 0 spiro atoms. The van der Waals surface area contributed by atoms with E-state index in [1.54, 1.807) is 6.92 Å². The van der Waals surface area contributed by atoms with Gasteiger partial charge in [-0.1, -0.05) is 6.08 Å². The van der Waals surface area contributed by atoms with E-state index in [4.69, 9.17) is 9.47 Å². The Balaban J connectivity index is 2.37. The Labute approximate surface area is 85.1 Å². The Morgan fingerprint density at radius 2 is 2.43 bits per heavy atom. The fraction of sp³-hybridized carbons (Fsp3) is 0.727. The summed E-state index contributed by atoms with van der Waals surface area (Å²) in [6, 6.07) is 0. The van der Waals surface area contributed by atoms with Crippen molar-refractivity contribution in [2.45, 2.75) is 32.8 Å². The summed E-state index contributed by atoms with van der Waals surface area (Å²) >= 11 is 0. The molecule has 1 aliphatic rings. The van der Waals surface area contributed by atoms with Gasteiger partial charge in [0.15, 0.2) is 0 Å². The first-order valence-electron chi connectivity index (χ1n) is 5.20. The maximum atomic E-state index is 11.0. The molecule has 0 saturated carbocycles. The number of hydrogen-bond acceptors (Lipinski definition) is 3. The van der Waals surface area contributed by atoms with Crippen LogP contribution in [-0.2, 0) is 14.3 Å². The van der Waals surface area contributed by atoms with E-state index in [1.807, 2.05) is 13.0 Å². The van der Waals surface area contributed by atoms with Crippen molar-refractivity contribution in [3.05, 3.63) is 12.2 Å². The number of carbonyl (C=O) groups excluding carboxylic acids is 1. The minimum Gasteiger partial charge on any atom is -0.463 e. The highest BCUT2D eigenvalue weighted by Gasteiger charge is 2.19. The summed E-state index contributed by atoms with van der Waals surface area (Å²) in [6.07, 6.45) is 5.80. The van der Waals surface area contributed by atoms with Crippen molar-refractivity contribution >= 4 is 5.97 Å². The minimum absolute atomic E-state index is 0.217. The van der Waals surface area contributed by atoms with Gasteiger partial charge in [-0.2, -0.15) is 0 Å². The van der Waals surface area contributed by atoms with Crippen LogP contribution in [0.5, 0.6) is 0 Å². The van der Waals surface area contributed by atoms with E-state index in [0.717, 1.165) is 19.4 Å². The molecule has 0 aromatic carbocycles. The van der Waals surface area contributed by atoms with E-state index in [2.05, 4.69) is 0 Å². The second-order valence-electron chi connectivity index (χ2n) is 3.49. The van der Waals surface area contributed by atoms with Crippen LogP contribution in [0.2, 0.25) is 0 Å². The summed E-state index contributed by atoms with van der Waals surface area (Å²) in [4.78, 5) is 11.0. The zero-order valence-corrected chi connectivity index (χ0v) is 8.86. The van der Waals surface area contributed by atoms with Gasteiger partial charge in [0.05, 0.1) is 12.7 Å². The molecule has 2 atom stereocenters. The van der Waals surface area contributed by atoms with E-state index in [1.165, 1.54) is 6.08 Å². The summed E-state index contributed by atoms with van der Waals surface area (Å²) in [7, 11) is 0. The highest BCUT2D eigenvalue weighted by molar-refractivity contribution is 5.81. The molecule has 0 amide bonds. The fourth-order valence-corrected chi connectivity index (χ4v) is 1.59. The standard InChI is InChI=1S/C11H18O3/c1-3-13-11(12)7-6-10-5-4-8-14-9(10)2/h6-7,9-10H,3-5,8H2,1-2H3/t9-,10-/m1/s1. The Kier molecular flexibility index (Phi) is 4.66. The van der Waals surface area contributed by atoms with E-state index in [9.17, 15) is 4.79 Å². The maximum absolute atomic E-state index is 11.0. The van der Waals surface area contributed by atoms with Gasteiger partial charge in [-0.25, -0.2) is 4.79 Å². The van der Waals surface area contributed by atoms with Crippen LogP contribution in [0.15, 0.2) is 12.2 Å². The number of hydrogen-bond donors (Lipinski definition) is 0. The van der Waals surface area contributed by atoms with E-state index in [0.29, 0.717) is 12.5 Å². The molecule has 1 rings (SSSR count). The first-order chi connectivity index (χ1) is 6.74. The van der Waals surface area contributed by atoms with E-state index < -0.39 is 0 Å². The Morgan fingerprint density at radius 1 is 1.64 bits per heavy atom. The lowest BCUT2D eigenvalue weighted by Gasteiger charge is -2.26. The topological polar surface area (TPSA) is 35.5 Å². The van der Waals surface area contributed by atoms with Gasteiger partial charge in [-0.05, 0) is 26.7 Å². The molecule has 3 heteroatoms. The van der Waals surface area contributed by atoms with Crippen molar-refractivity contribution in [1.82, 2.24) is 0 Å². The zero-order chi connectivity index (χ0) is 10.4. The molecule has 0 aromatic rings. The molecular formula is C11H18O3.